The number of esters is 1. The van der Waals surface area contributed by atoms with Crippen LogP contribution in [0.15, 0.2) is 6.07 Å². The number of ketones is 3. The lowest BCUT2D eigenvalue weighted by atomic mass is 9.82. The number of aromatic nitrogens is 1. The van der Waals surface area contributed by atoms with Crippen molar-refractivity contribution in [3.8, 4) is 0 Å². The first-order valence-electron chi connectivity index (χ1n) is 14.7. The Labute approximate surface area is 236 Å². The summed E-state index contributed by atoms with van der Waals surface area (Å²) in [7, 11) is 0. The van der Waals surface area contributed by atoms with Gasteiger partial charge in [-0.25, -0.2) is 4.79 Å². The molecule has 1 amide bonds. The molecule has 0 radical (unpaired) electrons. The van der Waals surface area contributed by atoms with Gasteiger partial charge in [0.15, 0.2) is 18.2 Å². The van der Waals surface area contributed by atoms with E-state index in [1.807, 2.05) is 6.92 Å². The van der Waals surface area contributed by atoms with Gasteiger partial charge >= 0.3 is 5.97 Å². The lowest BCUT2D eigenvalue weighted by Gasteiger charge is -2.27. The molecule has 3 fully saturated rings. The summed E-state index contributed by atoms with van der Waals surface area (Å²) in [6, 6.07) is 0.798. The SMILES string of the molecule is Cc1cc(C)c(C(=O)OCC(=O)[C@H](C[C@@H]2CCCCC2=O)NC(=O)[C@@H](CC(=O)[C@H]2CCCO2)CC2CC2)c(C)n1. The van der Waals surface area contributed by atoms with Crippen molar-refractivity contribution in [2.75, 3.05) is 13.2 Å². The van der Waals surface area contributed by atoms with Crippen molar-refractivity contribution in [3.63, 3.8) is 0 Å². The molecule has 9 nitrogen and oxygen atoms in total. The van der Waals surface area contributed by atoms with Gasteiger partial charge in [0.25, 0.3) is 0 Å². The average Bonchev–Trinajstić information content (AvgIpc) is 3.54. The molecule has 0 unspecified atom stereocenters. The maximum absolute atomic E-state index is 13.5. The van der Waals surface area contributed by atoms with Gasteiger partial charge in [-0.15, -0.1) is 0 Å². The average molecular weight is 555 g/mol. The minimum Gasteiger partial charge on any atom is -0.454 e. The molecule has 3 aliphatic rings. The predicted molar refractivity (Wildman–Crippen MR) is 147 cm³/mol. The van der Waals surface area contributed by atoms with Crippen molar-refractivity contribution in [2.45, 2.75) is 104 Å². The maximum atomic E-state index is 13.5. The van der Waals surface area contributed by atoms with E-state index >= 15 is 0 Å². The number of rotatable bonds is 13. The second-order valence-corrected chi connectivity index (χ2v) is 11.8. The standard InChI is InChI=1S/C31H42N2O7/c1-18-13-19(2)32-20(3)29(18)31(38)40-17-27(36)24(15-22-7-4-5-8-25(22)34)33-30(37)23(14-21-10-11-21)16-26(35)28-9-6-12-39-28/h13,21-24,28H,4-12,14-17H2,1-3H3,(H,33,37)/t22-,23+,24-,28+/m0/s1. The molecule has 4 atom stereocenters. The van der Waals surface area contributed by atoms with E-state index in [1.165, 1.54) is 0 Å². The molecule has 2 aliphatic carbocycles. The highest BCUT2D eigenvalue weighted by molar-refractivity contribution is 5.97. The summed E-state index contributed by atoms with van der Waals surface area (Å²) < 4.78 is 10.9. The Morgan fingerprint density at radius 2 is 1.82 bits per heavy atom. The number of aryl methyl sites for hydroxylation is 3. The molecular formula is C31H42N2O7. The number of carbonyl (C=O) groups is 5. The number of nitrogens with one attached hydrogen (secondary N) is 1. The van der Waals surface area contributed by atoms with Crippen LogP contribution in [-0.4, -0.2) is 59.6 Å². The van der Waals surface area contributed by atoms with E-state index in [0.29, 0.717) is 55.0 Å². The van der Waals surface area contributed by atoms with Gasteiger partial charge in [0.1, 0.15) is 11.9 Å². The van der Waals surface area contributed by atoms with Gasteiger partial charge in [-0.3, -0.25) is 24.2 Å². The van der Waals surface area contributed by atoms with E-state index in [-0.39, 0.29) is 36.2 Å². The quantitative estimate of drug-likeness (QED) is 0.363. The molecular weight excluding hydrogens is 512 g/mol. The normalized spacial score (nSPS) is 22.4. The molecule has 2 heterocycles. The maximum Gasteiger partial charge on any atom is 0.340 e. The van der Waals surface area contributed by atoms with Gasteiger partial charge in [-0.2, -0.15) is 0 Å². The molecule has 40 heavy (non-hydrogen) atoms. The topological polar surface area (TPSA) is 129 Å². The van der Waals surface area contributed by atoms with Crippen LogP contribution in [0.1, 0.15) is 97.9 Å². The second kappa shape index (κ2) is 13.6. The van der Waals surface area contributed by atoms with E-state index in [1.54, 1.807) is 19.9 Å². The molecule has 0 aromatic carbocycles. The fourth-order valence-corrected chi connectivity index (χ4v) is 6.04. The van der Waals surface area contributed by atoms with Crippen LogP contribution >= 0.6 is 0 Å². The highest BCUT2D eigenvalue weighted by Gasteiger charge is 2.36. The number of pyridine rings is 1. The molecule has 0 spiro atoms. The summed E-state index contributed by atoms with van der Waals surface area (Å²) in [5.41, 5.74) is 2.32. The molecule has 1 aliphatic heterocycles. The van der Waals surface area contributed by atoms with Crippen LogP contribution < -0.4 is 5.32 Å². The number of amides is 1. The second-order valence-electron chi connectivity index (χ2n) is 11.8. The Morgan fingerprint density at radius 3 is 2.48 bits per heavy atom. The van der Waals surface area contributed by atoms with Crippen LogP contribution in [0.3, 0.4) is 0 Å². The number of carbonyl (C=O) groups excluding carboxylic acids is 5. The van der Waals surface area contributed by atoms with E-state index < -0.39 is 36.4 Å². The van der Waals surface area contributed by atoms with Crippen LogP contribution in [-0.2, 0) is 28.7 Å². The molecule has 9 heteroatoms. The predicted octanol–water partition coefficient (Wildman–Crippen LogP) is 3.92. The smallest absolute Gasteiger partial charge is 0.340 e. The molecule has 2 saturated carbocycles. The van der Waals surface area contributed by atoms with Crippen molar-refractivity contribution in [1.82, 2.24) is 10.3 Å². The van der Waals surface area contributed by atoms with Crippen LogP contribution in [0, 0.1) is 38.5 Å². The highest BCUT2D eigenvalue weighted by Crippen LogP contribution is 2.37. The summed E-state index contributed by atoms with van der Waals surface area (Å²) >= 11 is 0. The first-order chi connectivity index (χ1) is 19.1. The molecule has 4 rings (SSSR count). The van der Waals surface area contributed by atoms with Crippen LogP contribution in [0.2, 0.25) is 0 Å². The van der Waals surface area contributed by atoms with Gasteiger partial charge in [-0.05, 0) is 76.8 Å². The largest absolute Gasteiger partial charge is 0.454 e. The fourth-order valence-electron chi connectivity index (χ4n) is 6.04. The van der Waals surface area contributed by atoms with Crippen LogP contribution in [0.4, 0.5) is 0 Å². The third-order valence-electron chi connectivity index (χ3n) is 8.40. The highest BCUT2D eigenvalue weighted by atomic mass is 16.5. The van der Waals surface area contributed by atoms with Gasteiger partial charge in [-0.1, -0.05) is 19.3 Å². The molecule has 1 aromatic heterocycles. The monoisotopic (exact) mass is 554 g/mol. The van der Waals surface area contributed by atoms with Crippen molar-refractivity contribution in [2.24, 2.45) is 17.8 Å². The van der Waals surface area contributed by atoms with E-state index in [4.69, 9.17) is 9.47 Å². The first-order valence-corrected chi connectivity index (χ1v) is 14.7. The number of Topliss-reactive ketones (excluding diaryl/α,β-unsaturated/α-hetero) is 3. The summed E-state index contributed by atoms with van der Waals surface area (Å²) in [6.07, 6.45) is 6.76. The number of hydrogen-bond acceptors (Lipinski definition) is 8. The van der Waals surface area contributed by atoms with Crippen molar-refractivity contribution < 1.29 is 33.4 Å². The first kappa shape index (κ1) is 30.0. The summed E-state index contributed by atoms with van der Waals surface area (Å²) in [5.74, 6) is -1.95. The van der Waals surface area contributed by atoms with Crippen molar-refractivity contribution in [3.05, 3.63) is 28.6 Å². The summed E-state index contributed by atoms with van der Waals surface area (Å²) in [4.78, 5) is 69.6. The van der Waals surface area contributed by atoms with Crippen LogP contribution in [0.25, 0.3) is 0 Å². The number of hydrogen-bond donors (Lipinski definition) is 1. The van der Waals surface area contributed by atoms with Gasteiger partial charge in [0, 0.05) is 37.0 Å². The van der Waals surface area contributed by atoms with E-state index in [0.717, 1.165) is 37.8 Å². The van der Waals surface area contributed by atoms with Crippen LogP contribution in [0.5, 0.6) is 0 Å². The molecule has 0 bridgehead atoms. The third-order valence-corrected chi connectivity index (χ3v) is 8.40. The minimum atomic E-state index is -0.981. The van der Waals surface area contributed by atoms with E-state index in [9.17, 15) is 24.0 Å². The number of nitrogens with zero attached hydrogens (tertiary/aromatic N) is 1. The number of ether oxygens (including phenoxy) is 2. The summed E-state index contributed by atoms with van der Waals surface area (Å²) in [6.45, 7) is 5.37. The Hall–Kier alpha value is -2.94. The zero-order valence-electron chi connectivity index (χ0n) is 24.0. The molecule has 1 aromatic rings. The Bertz CT molecular complexity index is 1110. The van der Waals surface area contributed by atoms with Gasteiger partial charge < -0.3 is 14.8 Å². The summed E-state index contributed by atoms with van der Waals surface area (Å²) in [5, 5.41) is 2.87. The minimum absolute atomic E-state index is 0.0736. The Balaban J connectivity index is 1.45. The third kappa shape index (κ3) is 8.05. The molecule has 218 valence electrons. The van der Waals surface area contributed by atoms with E-state index in [2.05, 4.69) is 10.3 Å². The lowest BCUT2D eigenvalue weighted by molar-refractivity contribution is -0.136. The van der Waals surface area contributed by atoms with Crippen molar-refractivity contribution in [1.29, 1.82) is 0 Å². The fraction of sp³-hybridized carbons (Fsp3) is 0.677. The zero-order chi connectivity index (χ0) is 28.8. The molecule has 1 N–H and O–H groups in total. The van der Waals surface area contributed by atoms with Gasteiger partial charge in [0.05, 0.1) is 17.3 Å². The zero-order valence-corrected chi connectivity index (χ0v) is 24.0. The van der Waals surface area contributed by atoms with Gasteiger partial charge in [0.2, 0.25) is 5.91 Å². The Morgan fingerprint density at radius 1 is 1.05 bits per heavy atom. The lowest BCUT2D eigenvalue weighted by Crippen LogP contribution is -2.47. The Kier molecular flexibility index (Phi) is 10.2. The van der Waals surface area contributed by atoms with Crippen molar-refractivity contribution >= 4 is 29.2 Å². The molecule has 1 saturated heterocycles.